The van der Waals surface area contributed by atoms with Gasteiger partial charge in [0.25, 0.3) is 5.91 Å². The number of amides is 1. The number of nitrogens with zero attached hydrogens (tertiary/aromatic N) is 1. The Morgan fingerprint density at radius 2 is 2.20 bits per heavy atom. The highest BCUT2D eigenvalue weighted by Gasteiger charge is 2.28. The summed E-state index contributed by atoms with van der Waals surface area (Å²) in [5.41, 5.74) is 1.40. The summed E-state index contributed by atoms with van der Waals surface area (Å²) in [5.74, 6) is 0.128. The van der Waals surface area contributed by atoms with Gasteiger partial charge in [-0.1, -0.05) is 25.4 Å². The standard InChI is InChI=1S/C15H21ClN2O2/c1-9(2)12-7-10(8-14(16)17-12)15(19)18-11-5-4-6-13(11)20-3/h7-9,11,13H,4-6H2,1-3H3,(H,18,19). The van der Waals surface area contributed by atoms with Crippen LogP contribution in [0.15, 0.2) is 12.1 Å². The zero-order valence-electron chi connectivity index (χ0n) is 12.1. The molecule has 110 valence electrons. The molecule has 0 aromatic carbocycles. The third-order valence-corrected chi connectivity index (χ3v) is 3.93. The zero-order chi connectivity index (χ0) is 14.7. The van der Waals surface area contributed by atoms with Crippen LogP contribution in [0, 0.1) is 0 Å². The van der Waals surface area contributed by atoms with Gasteiger partial charge in [-0.2, -0.15) is 0 Å². The van der Waals surface area contributed by atoms with Crippen LogP contribution in [0.2, 0.25) is 5.15 Å². The number of carbonyl (C=O) groups excluding carboxylic acids is 1. The normalized spacial score (nSPS) is 22.2. The molecular formula is C15H21ClN2O2. The molecule has 1 amide bonds. The van der Waals surface area contributed by atoms with Gasteiger partial charge in [-0.3, -0.25) is 4.79 Å². The first kappa shape index (κ1) is 15.3. The molecule has 1 aliphatic rings. The topological polar surface area (TPSA) is 51.2 Å². The Hall–Kier alpha value is -1.13. The third-order valence-electron chi connectivity index (χ3n) is 3.74. The molecule has 1 heterocycles. The summed E-state index contributed by atoms with van der Waals surface area (Å²) in [7, 11) is 1.69. The lowest BCUT2D eigenvalue weighted by atomic mass is 10.1. The minimum absolute atomic E-state index is 0.0851. The van der Waals surface area contributed by atoms with Crippen LogP contribution in [0.1, 0.15) is 55.1 Å². The Bertz CT molecular complexity index is 491. The maximum atomic E-state index is 12.3. The lowest BCUT2D eigenvalue weighted by molar-refractivity contribution is 0.0722. The van der Waals surface area contributed by atoms with Crippen molar-refractivity contribution >= 4 is 17.5 Å². The van der Waals surface area contributed by atoms with Crippen LogP contribution >= 0.6 is 11.6 Å². The molecule has 1 aliphatic carbocycles. The average Bonchev–Trinajstić information content (AvgIpc) is 2.85. The number of rotatable bonds is 4. The Kier molecular flexibility index (Phi) is 5.00. The Morgan fingerprint density at radius 3 is 2.85 bits per heavy atom. The lowest BCUT2D eigenvalue weighted by Crippen LogP contribution is -2.40. The van der Waals surface area contributed by atoms with Crippen LogP contribution in [0.4, 0.5) is 0 Å². The van der Waals surface area contributed by atoms with Gasteiger partial charge in [-0.05, 0) is 37.3 Å². The summed E-state index contributed by atoms with van der Waals surface area (Å²) in [6, 6.07) is 3.50. The molecule has 4 nitrogen and oxygen atoms in total. The summed E-state index contributed by atoms with van der Waals surface area (Å²) < 4.78 is 5.39. The van der Waals surface area contributed by atoms with Gasteiger partial charge >= 0.3 is 0 Å². The summed E-state index contributed by atoms with van der Waals surface area (Å²) in [6.45, 7) is 4.05. The van der Waals surface area contributed by atoms with E-state index in [1.807, 2.05) is 19.9 Å². The predicted octanol–water partition coefficient (Wildman–Crippen LogP) is 3.16. The maximum Gasteiger partial charge on any atom is 0.251 e. The smallest absolute Gasteiger partial charge is 0.251 e. The van der Waals surface area contributed by atoms with Crippen LogP contribution in [0.5, 0.6) is 0 Å². The van der Waals surface area contributed by atoms with Crippen LogP contribution in [0.3, 0.4) is 0 Å². The summed E-state index contributed by atoms with van der Waals surface area (Å²) in [4.78, 5) is 16.6. The molecule has 0 radical (unpaired) electrons. The molecule has 0 saturated heterocycles. The fraction of sp³-hybridized carbons (Fsp3) is 0.600. The van der Waals surface area contributed by atoms with E-state index in [9.17, 15) is 4.79 Å². The third kappa shape index (κ3) is 3.49. The number of nitrogens with one attached hydrogen (secondary N) is 1. The predicted molar refractivity (Wildman–Crippen MR) is 79.2 cm³/mol. The lowest BCUT2D eigenvalue weighted by Gasteiger charge is -2.20. The second-order valence-electron chi connectivity index (χ2n) is 5.54. The van der Waals surface area contributed by atoms with Gasteiger partial charge in [0.15, 0.2) is 0 Å². The SMILES string of the molecule is COC1CCCC1NC(=O)c1cc(Cl)nc(C(C)C)c1. The van der Waals surface area contributed by atoms with Crippen molar-refractivity contribution in [3.8, 4) is 0 Å². The van der Waals surface area contributed by atoms with Crippen LogP contribution < -0.4 is 5.32 Å². The van der Waals surface area contributed by atoms with E-state index in [4.69, 9.17) is 16.3 Å². The molecule has 0 aliphatic heterocycles. The number of halogens is 1. The van der Waals surface area contributed by atoms with Crippen molar-refractivity contribution in [2.45, 2.75) is 51.2 Å². The monoisotopic (exact) mass is 296 g/mol. The van der Waals surface area contributed by atoms with E-state index in [1.165, 1.54) is 0 Å². The highest BCUT2D eigenvalue weighted by Crippen LogP contribution is 2.23. The van der Waals surface area contributed by atoms with Gasteiger partial charge in [0.2, 0.25) is 0 Å². The van der Waals surface area contributed by atoms with E-state index in [1.54, 1.807) is 13.2 Å². The molecule has 5 heteroatoms. The maximum absolute atomic E-state index is 12.3. The molecule has 2 unspecified atom stereocenters. The van der Waals surface area contributed by atoms with E-state index in [0.717, 1.165) is 25.0 Å². The molecule has 1 fully saturated rings. The zero-order valence-corrected chi connectivity index (χ0v) is 12.9. The first-order valence-electron chi connectivity index (χ1n) is 7.02. The minimum atomic E-state index is -0.106. The van der Waals surface area contributed by atoms with E-state index >= 15 is 0 Å². The van der Waals surface area contributed by atoms with E-state index < -0.39 is 0 Å². The molecule has 2 atom stereocenters. The van der Waals surface area contributed by atoms with Crippen LogP contribution in [0.25, 0.3) is 0 Å². The van der Waals surface area contributed by atoms with Gasteiger partial charge < -0.3 is 10.1 Å². The second kappa shape index (κ2) is 6.55. The number of hydrogen-bond acceptors (Lipinski definition) is 3. The number of aromatic nitrogens is 1. The number of carbonyl (C=O) groups is 1. The van der Waals surface area contributed by atoms with Crippen molar-refractivity contribution in [3.63, 3.8) is 0 Å². The largest absolute Gasteiger partial charge is 0.379 e. The van der Waals surface area contributed by atoms with Crippen LogP contribution in [-0.2, 0) is 4.74 Å². The van der Waals surface area contributed by atoms with E-state index in [-0.39, 0.29) is 24.0 Å². The summed E-state index contributed by atoms with van der Waals surface area (Å²) >= 11 is 5.99. The van der Waals surface area contributed by atoms with E-state index in [0.29, 0.717) is 10.7 Å². The van der Waals surface area contributed by atoms with Gasteiger partial charge in [0.05, 0.1) is 12.1 Å². The molecule has 1 N–H and O–H groups in total. The van der Waals surface area contributed by atoms with Crippen LogP contribution in [-0.4, -0.2) is 30.1 Å². The molecule has 1 aromatic heterocycles. The molecule has 0 spiro atoms. The Labute approximate surface area is 124 Å². The molecular weight excluding hydrogens is 276 g/mol. The number of pyridine rings is 1. The fourth-order valence-electron chi connectivity index (χ4n) is 2.57. The van der Waals surface area contributed by atoms with Crippen molar-refractivity contribution in [1.29, 1.82) is 0 Å². The summed E-state index contributed by atoms with van der Waals surface area (Å²) in [6.07, 6.45) is 3.15. The molecule has 2 rings (SSSR count). The summed E-state index contributed by atoms with van der Waals surface area (Å²) in [5, 5.41) is 3.40. The quantitative estimate of drug-likeness (QED) is 0.868. The number of ether oxygens (including phenoxy) is 1. The average molecular weight is 297 g/mol. The first-order chi connectivity index (χ1) is 9.51. The highest BCUT2D eigenvalue weighted by molar-refractivity contribution is 6.29. The second-order valence-corrected chi connectivity index (χ2v) is 5.93. The molecule has 1 saturated carbocycles. The van der Waals surface area contributed by atoms with Crippen molar-refractivity contribution in [2.75, 3.05) is 7.11 Å². The molecule has 20 heavy (non-hydrogen) atoms. The van der Waals surface area contributed by atoms with E-state index in [2.05, 4.69) is 10.3 Å². The fourth-order valence-corrected chi connectivity index (χ4v) is 2.78. The van der Waals surface area contributed by atoms with Crippen molar-refractivity contribution in [1.82, 2.24) is 10.3 Å². The Balaban J connectivity index is 2.13. The Morgan fingerprint density at radius 1 is 1.45 bits per heavy atom. The minimum Gasteiger partial charge on any atom is -0.379 e. The molecule has 0 bridgehead atoms. The van der Waals surface area contributed by atoms with Crippen molar-refractivity contribution in [2.24, 2.45) is 0 Å². The van der Waals surface area contributed by atoms with Gasteiger partial charge in [-0.15, -0.1) is 0 Å². The first-order valence-corrected chi connectivity index (χ1v) is 7.40. The number of methoxy groups -OCH3 is 1. The van der Waals surface area contributed by atoms with Gasteiger partial charge in [0, 0.05) is 18.4 Å². The highest BCUT2D eigenvalue weighted by atomic mass is 35.5. The number of hydrogen-bond donors (Lipinski definition) is 1. The van der Waals surface area contributed by atoms with Gasteiger partial charge in [0.1, 0.15) is 5.15 Å². The van der Waals surface area contributed by atoms with Crippen molar-refractivity contribution in [3.05, 3.63) is 28.5 Å². The van der Waals surface area contributed by atoms with Gasteiger partial charge in [-0.25, -0.2) is 4.98 Å². The van der Waals surface area contributed by atoms with Crippen molar-refractivity contribution < 1.29 is 9.53 Å². The molecule has 1 aromatic rings.